The second kappa shape index (κ2) is 10.2. The molecule has 13 nitrogen and oxygen atoms in total. The summed E-state index contributed by atoms with van der Waals surface area (Å²) in [6, 6.07) is 2.15. The van der Waals surface area contributed by atoms with Crippen molar-refractivity contribution in [1.82, 2.24) is 9.13 Å². The second-order valence-corrected chi connectivity index (χ2v) is 5.61. The molecule has 2 aromatic rings. The first kappa shape index (κ1) is 21.1. The fraction of sp³-hybridized carbons (Fsp3) is 0.250. The molecule has 0 fully saturated rings. The molecule has 29 heavy (non-hydrogen) atoms. The maximum atomic E-state index is 11.3. The number of nitrogens with zero attached hydrogens (tertiary/aromatic N) is 7. The number of carboxylic acids is 2. The van der Waals surface area contributed by atoms with Crippen LogP contribution in [0.1, 0.15) is 12.5 Å². The van der Waals surface area contributed by atoms with Crippen LogP contribution in [-0.4, -0.2) is 55.4 Å². The van der Waals surface area contributed by atoms with Crippen LogP contribution >= 0.6 is 0 Å². The molecule has 0 bridgehead atoms. The van der Waals surface area contributed by atoms with Gasteiger partial charge in [0.2, 0.25) is 6.04 Å². The fourth-order valence-corrected chi connectivity index (χ4v) is 2.13. The first-order valence-corrected chi connectivity index (χ1v) is 8.21. The molecule has 2 heterocycles. The molecule has 0 aromatic carbocycles. The average Bonchev–Trinajstić information content (AvgIpc) is 3.16. The summed E-state index contributed by atoms with van der Waals surface area (Å²) in [5.41, 5.74) is 0. The van der Waals surface area contributed by atoms with Gasteiger partial charge in [0.25, 0.3) is 6.33 Å². The molecule has 152 valence electrons. The minimum atomic E-state index is -1.24. The number of aryl methyl sites for hydroxylation is 1. The van der Waals surface area contributed by atoms with Crippen molar-refractivity contribution >= 4 is 24.4 Å². The molecular formula is C16H18N7O6+. The fourth-order valence-electron chi connectivity index (χ4n) is 2.13. The van der Waals surface area contributed by atoms with Crippen LogP contribution in [0, 0.1) is 0 Å². The van der Waals surface area contributed by atoms with Gasteiger partial charge in [-0.1, -0.05) is 0 Å². The zero-order valence-electron chi connectivity index (χ0n) is 15.0. The van der Waals surface area contributed by atoms with Crippen molar-refractivity contribution in [1.29, 1.82) is 0 Å². The van der Waals surface area contributed by atoms with Crippen molar-refractivity contribution < 1.29 is 34.3 Å². The van der Waals surface area contributed by atoms with Crippen LogP contribution in [0.4, 0.5) is 4.79 Å². The number of rotatable bonds is 9. The van der Waals surface area contributed by atoms with E-state index in [-0.39, 0.29) is 13.0 Å². The van der Waals surface area contributed by atoms with Crippen LogP contribution < -0.4 is 9.92 Å². The van der Waals surface area contributed by atoms with Gasteiger partial charge in [-0.25, -0.2) is 9.36 Å². The minimum Gasteiger partial charge on any atom is -0.481 e. The van der Waals surface area contributed by atoms with Crippen LogP contribution in [0.25, 0.3) is 0 Å². The van der Waals surface area contributed by atoms with Crippen molar-refractivity contribution in [2.45, 2.75) is 19.0 Å². The summed E-state index contributed by atoms with van der Waals surface area (Å²) in [5.74, 6) is -2.08. The topological polar surface area (TPSA) is 175 Å². The summed E-state index contributed by atoms with van der Waals surface area (Å²) >= 11 is 0. The normalized spacial score (nSPS) is 12.3. The van der Waals surface area contributed by atoms with Gasteiger partial charge in [0.05, 0.1) is 11.8 Å². The summed E-state index contributed by atoms with van der Waals surface area (Å²) in [7, 11) is 0. The molecule has 1 unspecified atom stereocenters. The first-order chi connectivity index (χ1) is 13.9. The third-order valence-corrected chi connectivity index (χ3v) is 3.59. The molecule has 1 atom stereocenters. The standard InChI is InChI=1S/C16H17N7O6/c24-14(25)3-6-21-4-1-12(2-5-21)20-19-10-18-17-9-13(15(26)27)22-7-8-23(11-22)16(28)29/h1-2,4-5,7-8,10-11,13H,3,6,9H2,(H2-,24,25,26,27,28,29)/p+1. The molecule has 0 saturated carbocycles. The maximum Gasteiger partial charge on any atom is 0.509 e. The Morgan fingerprint density at radius 1 is 1.14 bits per heavy atom. The van der Waals surface area contributed by atoms with E-state index >= 15 is 0 Å². The lowest BCUT2D eigenvalue weighted by atomic mass is 10.3. The van der Waals surface area contributed by atoms with Crippen molar-refractivity contribution in [2.24, 2.45) is 20.4 Å². The molecule has 0 saturated heterocycles. The molecular weight excluding hydrogens is 386 g/mol. The van der Waals surface area contributed by atoms with E-state index in [0.29, 0.717) is 11.9 Å². The van der Waals surface area contributed by atoms with Gasteiger partial charge in [-0.2, -0.15) is 9.91 Å². The third kappa shape index (κ3) is 6.82. The number of pyridine rings is 1. The van der Waals surface area contributed by atoms with E-state index in [4.69, 9.17) is 10.2 Å². The SMILES string of the molecule is O=C(O)CCn1ccc(=NN=CN=NCC(C(=O)O)[n+]2ccn(C(=O)O)c2)cc1. The lowest BCUT2D eigenvalue weighted by molar-refractivity contribution is -0.707. The number of hydrogen-bond donors (Lipinski definition) is 3. The Labute approximate surface area is 163 Å². The molecule has 0 aliphatic carbocycles. The zero-order valence-corrected chi connectivity index (χ0v) is 15.0. The van der Waals surface area contributed by atoms with Gasteiger partial charge in [0, 0.05) is 18.9 Å². The van der Waals surface area contributed by atoms with Crippen LogP contribution in [0.2, 0.25) is 0 Å². The monoisotopic (exact) mass is 404 g/mol. The van der Waals surface area contributed by atoms with Gasteiger partial charge in [-0.3, -0.25) is 4.79 Å². The quantitative estimate of drug-likeness (QED) is 0.177. The van der Waals surface area contributed by atoms with Crippen molar-refractivity contribution in [3.63, 3.8) is 0 Å². The molecule has 2 aromatic heterocycles. The zero-order chi connectivity index (χ0) is 21.2. The van der Waals surface area contributed by atoms with E-state index in [2.05, 4.69) is 20.4 Å². The van der Waals surface area contributed by atoms with E-state index in [1.807, 2.05) is 0 Å². The third-order valence-electron chi connectivity index (χ3n) is 3.59. The number of carboxylic acid groups (broad SMARTS) is 3. The Hall–Kier alpha value is -4.16. The van der Waals surface area contributed by atoms with Crippen molar-refractivity contribution in [3.05, 3.63) is 48.6 Å². The summed E-state index contributed by atoms with van der Waals surface area (Å²) in [6.45, 7) is 0.107. The number of imidazole rings is 1. The van der Waals surface area contributed by atoms with E-state index < -0.39 is 24.1 Å². The Kier molecular flexibility index (Phi) is 7.47. The maximum absolute atomic E-state index is 11.3. The van der Waals surface area contributed by atoms with Gasteiger partial charge in [-0.05, 0) is 12.1 Å². The Balaban J connectivity index is 1.92. The first-order valence-electron chi connectivity index (χ1n) is 8.21. The summed E-state index contributed by atoms with van der Waals surface area (Å²) in [6.07, 6.45) is 6.78. The number of aromatic nitrogens is 3. The Morgan fingerprint density at radius 3 is 2.45 bits per heavy atom. The van der Waals surface area contributed by atoms with E-state index in [0.717, 1.165) is 17.2 Å². The molecule has 13 heteroatoms. The van der Waals surface area contributed by atoms with Gasteiger partial charge < -0.3 is 19.9 Å². The van der Waals surface area contributed by atoms with Crippen LogP contribution in [0.3, 0.4) is 0 Å². The molecule has 0 aliphatic heterocycles. The van der Waals surface area contributed by atoms with E-state index in [9.17, 15) is 19.5 Å². The molecule has 0 spiro atoms. The largest absolute Gasteiger partial charge is 0.509 e. The predicted octanol–water partition coefficient (Wildman–Crippen LogP) is 0.200. The number of hydrogen-bond acceptors (Lipinski definition) is 6. The number of carbonyl (C=O) groups is 3. The van der Waals surface area contributed by atoms with Gasteiger partial charge >= 0.3 is 18.0 Å². The summed E-state index contributed by atoms with van der Waals surface area (Å²) in [5, 5.41) is 42.1. The van der Waals surface area contributed by atoms with Crippen LogP contribution in [0.15, 0.2) is 63.7 Å². The Morgan fingerprint density at radius 2 is 1.86 bits per heavy atom. The van der Waals surface area contributed by atoms with Crippen molar-refractivity contribution in [2.75, 3.05) is 6.54 Å². The number of azo groups is 1. The smallest absolute Gasteiger partial charge is 0.481 e. The molecule has 0 radical (unpaired) electrons. The summed E-state index contributed by atoms with van der Waals surface area (Å²) in [4.78, 5) is 32.7. The van der Waals surface area contributed by atoms with E-state index in [1.54, 1.807) is 29.1 Å². The minimum absolute atomic E-state index is 0.0103. The predicted molar refractivity (Wildman–Crippen MR) is 95.2 cm³/mol. The number of aliphatic carboxylic acids is 2. The van der Waals surface area contributed by atoms with Gasteiger partial charge in [0.15, 0.2) is 6.34 Å². The highest BCUT2D eigenvalue weighted by Crippen LogP contribution is 1.99. The molecule has 0 aliphatic rings. The molecule has 3 N–H and O–H groups in total. The highest BCUT2D eigenvalue weighted by molar-refractivity contribution is 5.70. The summed E-state index contributed by atoms with van der Waals surface area (Å²) < 4.78 is 3.71. The lowest BCUT2D eigenvalue weighted by Crippen LogP contribution is -2.44. The van der Waals surface area contributed by atoms with Gasteiger partial charge in [-0.15, -0.1) is 19.9 Å². The van der Waals surface area contributed by atoms with E-state index in [1.165, 1.54) is 17.0 Å². The van der Waals surface area contributed by atoms with Crippen LogP contribution in [0.5, 0.6) is 0 Å². The second-order valence-electron chi connectivity index (χ2n) is 5.61. The molecule has 2 rings (SSSR count). The average molecular weight is 404 g/mol. The van der Waals surface area contributed by atoms with Crippen molar-refractivity contribution in [3.8, 4) is 0 Å². The highest BCUT2D eigenvalue weighted by atomic mass is 16.4. The van der Waals surface area contributed by atoms with Gasteiger partial charge in [0.1, 0.15) is 18.9 Å². The molecule has 0 amide bonds. The Bertz CT molecular complexity index is 987. The lowest BCUT2D eigenvalue weighted by Gasteiger charge is -2.03. The highest BCUT2D eigenvalue weighted by Gasteiger charge is 2.25. The van der Waals surface area contributed by atoms with Crippen LogP contribution in [-0.2, 0) is 16.1 Å².